The molecular weight excluding hydrogens is 268 g/mol. The van der Waals surface area contributed by atoms with Gasteiger partial charge in [0.25, 0.3) is 0 Å². The summed E-state index contributed by atoms with van der Waals surface area (Å²) >= 11 is 0. The molecule has 1 aliphatic heterocycles. The van der Waals surface area contributed by atoms with Gasteiger partial charge in [-0.25, -0.2) is 4.79 Å². The highest BCUT2D eigenvalue weighted by molar-refractivity contribution is 5.93. The first-order chi connectivity index (χ1) is 10.1. The molecule has 6 heteroatoms. The van der Waals surface area contributed by atoms with Gasteiger partial charge in [0.1, 0.15) is 0 Å². The second-order valence-corrected chi connectivity index (χ2v) is 5.30. The summed E-state index contributed by atoms with van der Waals surface area (Å²) in [6.45, 7) is 3.22. The van der Waals surface area contributed by atoms with E-state index < -0.39 is 0 Å². The van der Waals surface area contributed by atoms with Crippen LogP contribution in [0.3, 0.4) is 0 Å². The van der Waals surface area contributed by atoms with Gasteiger partial charge in [-0.3, -0.25) is 4.79 Å². The van der Waals surface area contributed by atoms with Crippen LogP contribution in [0.2, 0.25) is 0 Å². The zero-order valence-corrected chi connectivity index (χ0v) is 12.3. The molecule has 6 nitrogen and oxygen atoms in total. The minimum Gasteiger partial charge on any atom is -0.326 e. The molecule has 1 saturated heterocycles. The predicted octanol–water partition coefficient (Wildman–Crippen LogP) is 1.99. The van der Waals surface area contributed by atoms with Crippen molar-refractivity contribution >= 4 is 23.3 Å². The van der Waals surface area contributed by atoms with Gasteiger partial charge in [-0.1, -0.05) is 13.0 Å². The van der Waals surface area contributed by atoms with E-state index in [1.165, 1.54) is 0 Å². The quantitative estimate of drug-likeness (QED) is 0.792. The monoisotopic (exact) mass is 290 g/mol. The summed E-state index contributed by atoms with van der Waals surface area (Å²) in [5.74, 6) is -0.0218. The number of nitrogens with one attached hydrogen (secondary N) is 2. The maximum atomic E-state index is 12.1. The van der Waals surface area contributed by atoms with Crippen LogP contribution in [0.4, 0.5) is 16.2 Å². The number of benzene rings is 1. The highest BCUT2D eigenvalue weighted by Gasteiger charge is 2.23. The smallest absolute Gasteiger partial charge is 0.321 e. The first-order valence-corrected chi connectivity index (χ1v) is 7.30. The van der Waals surface area contributed by atoms with Gasteiger partial charge in [-0.05, 0) is 31.0 Å². The number of nitrogens with two attached hydrogens (primary N) is 1. The molecule has 0 unspecified atom stereocenters. The maximum absolute atomic E-state index is 12.1. The van der Waals surface area contributed by atoms with Crippen molar-refractivity contribution < 1.29 is 9.59 Å². The second kappa shape index (κ2) is 7.08. The molecule has 4 N–H and O–H groups in total. The van der Waals surface area contributed by atoms with Crippen molar-refractivity contribution in [3.8, 4) is 0 Å². The lowest BCUT2D eigenvalue weighted by atomic mass is 10.2. The van der Waals surface area contributed by atoms with E-state index in [-0.39, 0.29) is 18.0 Å². The summed E-state index contributed by atoms with van der Waals surface area (Å²) < 4.78 is 0. The highest BCUT2D eigenvalue weighted by atomic mass is 16.2. The molecule has 0 radical (unpaired) electrons. The molecule has 0 aromatic heterocycles. The van der Waals surface area contributed by atoms with E-state index in [2.05, 4.69) is 10.6 Å². The molecule has 114 valence electrons. The van der Waals surface area contributed by atoms with Crippen LogP contribution in [0, 0.1) is 0 Å². The molecule has 1 aromatic carbocycles. The largest absolute Gasteiger partial charge is 0.326 e. The van der Waals surface area contributed by atoms with Gasteiger partial charge in [0.2, 0.25) is 5.91 Å². The van der Waals surface area contributed by atoms with Crippen LogP contribution in [-0.2, 0) is 4.79 Å². The number of nitrogens with zero attached hydrogens (tertiary/aromatic N) is 1. The number of carbonyl (C=O) groups is 2. The van der Waals surface area contributed by atoms with Crippen molar-refractivity contribution in [2.24, 2.45) is 5.73 Å². The van der Waals surface area contributed by atoms with Gasteiger partial charge < -0.3 is 21.3 Å². The number of carbonyl (C=O) groups excluding carboxylic acids is 2. The number of hydrogen-bond donors (Lipinski definition) is 3. The average Bonchev–Trinajstić information content (AvgIpc) is 2.86. The zero-order chi connectivity index (χ0) is 15.2. The Kier molecular flexibility index (Phi) is 5.16. The molecular formula is C15H22N4O2. The van der Waals surface area contributed by atoms with Gasteiger partial charge in [-0.15, -0.1) is 0 Å². The SMILES string of the molecule is CCCC(=O)Nc1cccc(NC(=O)N2CC[C@@H](N)C2)c1. The van der Waals surface area contributed by atoms with Crippen molar-refractivity contribution in [1.29, 1.82) is 0 Å². The van der Waals surface area contributed by atoms with Crippen LogP contribution in [0.15, 0.2) is 24.3 Å². The second-order valence-electron chi connectivity index (χ2n) is 5.30. The van der Waals surface area contributed by atoms with Crippen LogP contribution in [0.25, 0.3) is 0 Å². The minimum absolute atomic E-state index is 0.0218. The third kappa shape index (κ3) is 4.46. The van der Waals surface area contributed by atoms with Crippen molar-refractivity contribution in [1.82, 2.24) is 4.90 Å². The number of hydrogen-bond acceptors (Lipinski definition) is 3. The van der Waals surface area contributed by atoms with Crippen LogP contribution in [-0.4, -0.2) is 36.0 Å². The maximum Gasteiger partial charge on any atom is 0.321 e. The lowest BCUT2D eigenvalue weighted by molar-refractivity contribution is -0.116. The third-order valence-corrected chi connectivity index (χ3v) is 3.39. The average molecular weight is 290 g/mol. The Hall–Kier alpha value is -2.08. The zero-order valence-electron chi connectivity index (χ0n) is 12.3. The highest BCUT2D eigenvalue weighted by Crippen LogP contribution is 2.17. The molecule has 0 saturated carbocycles. The van der Waals surface area contributed by atoms with E-state index >= 15 is 0 Å². The van der Waals surface area contributed by atoms with Crippen LogP contribution in [0.1, 0.15) is 26.2 Å². The van der Waals surface area contributed by atoms with Crippen molar-refractivity contribution in [2.75, 3.05) is 23.7 Å². The van der Waals surface area contributed by atoms with E-state index in [9.17, 15) is 9.59 Å². The molecule has 1 heterocycles. The minimum atomic E-state index is -0.153. The lowest BCUT2D eigenvalue weighted by Gasteiger charge is -2.17. The van der Waals surface area contributed by atoms with Crippen LogP contribution < -0.4 is 16.4 Å². The van der Waals surface area contributed by atoms with E-state index in [1.807, 2.05) is 6.92 Å². The number of rotatable bonds is 4. The fraction of sp³-hybridized carbons (Fsp3) is 0.467. The lowest BCUT2D eigenvalue weighted by Crippen LogP contribution is -2.35. The number of amides is 3. The third-order valence-electron chi connectivity index (χ3n) is 3.39. The van der Waals surface area contributed by atoms with E-state index in [0.717, 1.165) is 12.8 Å². The summed E-state index contributed by atoms with van der Waals surface area (Å²) in [6, 6.07) is 7.06. The Morgan fingerprint density at radius 1 is 1.33 bits per heavy atom. The van der Waals surface area contributed by atoms with Gasteiger partial charge in [0.05, 0.1) is 0 Å². The number of likely N-dealkylation sites (tertiary alicyclic amines) is 1. The molecule has 2 rings (SSSR count). The van der Waals surface area contributed by atoms with Gasteiger partial charge in [0, 0.05) is 36.9 Å². The van der Waals surface area contributed by atoms with Gasteiger partial charge in [-0.2, -0.15) is 0 Å². The Morgan fingerprint density at radius 2 is 2.05 bits per heavy atom. The molecule has 1 aliphatic rings. The van der Waals surface area contributed by atoms with E-state index in [0.29, 0.717) is 30.9 Å². The molecule has 0 aliphatic carbocycles. The molecule has 3 amide bonds. The van der Waals surface area contributed by atoms with Crippen molar-refractivity contribution in [2.45, 2.75) is 32.2 Å². The Labute approximate surface area is 124 Å². The van der Waals surface area contributed by atoms with Crippen molar-refractivity contribution in [3.63, 3.8) is 0 Å². The first kappa shape index (κ1) is 15.3. The number of anilines is 2. The summed E-state index contributed by atoms with van der Waals surface area (Å²) in [6.07, 6.45) is 2.13. The van der Waals surface area contributed by atoms with Crippen molar-refractivity contribution in [3.05, 3.63) is 24.3 Å². The molecule has 21 heavy (non-hydrogen) atoms. The van der Waals surface area contributed by atoms with Gasteiger partial charge >= 0.3 is 6.03 Å². The van der Waals surface area contributed by atoms with E-state index in [4.69, 9.17) is 5.73 Å². The first-order valence-electron chi connectivity index (χ1n) is 7.30. The summed E-state index contributed by atoms with van der Waals surface area (Å²) in [7, 11) is 0. The fourth-order valence-electron chi connectivity index (χ4n) is 2.30. The topological polar surface area (TPSA) is 87.5 Å². The molecule has 1 atom stereocenters. The predicted molar refractivity (Wildman–Crippen MR) is 83.2 cm³/mol. The fourth-order valence-corrected chi connectivity index (χ4v) is 2.30. The Bertz CT molecular complexity index is 518. The standard InChI is InChI=1S/C15H22N4O2/c1-2-4-14(20)17-12-5-3-6-13(9-12)18-15(21)19-8-7-11(16)10-19/h3,5-6,9,11H,2,4,7-8,10,16H2,1H3,(H,17,20)(H,18,21)/t11-/m1/s1. The molecule has 1 fully saturated rings. The Morgan fingerprint density at radius 3 is 2.67 bits per heavy atom. The summed E-state index contributed by atoms with van der Waals surface area (Å²) in [5.41, 5.74) is 7.14. The number of urea groups is 1. The van der Waals surface area contributed by atoms with E-state index in [1.54, 1.807) is 29.2 Å². The molecule has 0 spiro atoms. The molecule has 0 bridgehead atoms. The van der Waals surface area contributed by atoms with Gasteiger partial charge in [0.15, 0.2) is 0 Å². The normalized spacial score (nSPS) is 17.6. The summed E-state index contributed by atoms with van der Waals surface area (Å²) in [5, 5.41) is 5.64. The molecule has 1 aromatic rings. The van der Waals surface area contributed by atoms with Crippen LogP contribution in [0.5, 0.6) is 0 Å². The Balaban J connectivity index is 1.94. The summed E-state index contributed by atoms with van der Waals surface area (Å²) in [4.78, 5) is 25.3. The van der Waals surface area contributed by atoms with Crippen LogP contribution >= 0.6 is 0 Å².